The van der Waals surface area contributed by atoms with E-state index in [9.17, 15) is 14.4 Å². The van der Waals surface area contributed by atoms with Crippen LogP contribution in [0.15, 0.2) is 47.0 Å². The highest BCUT2D eigenvalue weighted by molar-refractivity contribution is 6.08. The molecule has 2 aromatic carbocycles. The molecule has 0 saturated heterocycles. The van der Waals surface area contributed by atoms with Gasteiger partial charge in [0.2, 0.25) is 5.91 Å². The van der Waals surface area contributed by atoms with Crippen molar-refractivity contribution in [3.8, 4) is 0 Å². The molecule has 37 heavy (non-hydrogen) atoms. The summed E-state index contributed by atoms with van der Waals surface area (Å²) in [5.74, 6) is -0.0397. The van der Waals surface area contributed by atoms with Gasteiger partial charge >= 0.3 is 6.09 Å². The van der Waals surface area contributed by atoms with Crippen molar-refractivity contribution in [3.05, 3.63) is 64.2 Å². The van der Waals surface area contributed by atoms with Crippen LogP contribution in [0.1, 0.15) is 72.6 Å². The largest absolute Gasteiger partial charge is 0.465 e. The third-order valence-electron chi connectivity index (χ3n) is 6.59. The number of nitrogens with zero attached hydrogens (tertiary/aromatic N) is 2. The third-order valence-corrected chi connectivity index (χ3v) is 6.59. The van der Waals surface area contributed by atoms with Gasteiger partial charge in [0.25, 0.3) is 5.91 Å². The molecule has 0 saturated carbocycles. The fourth-order valence-corrected chi connectivity index (χ4v) is 4.91. The number of aryl methyl sites for hydroxylation is 1. The number of hydrogen-bond donors (Lipinski definition) is 4. The molecule has 2 aliphatic rings. The van der Waals surface area contributed by atoms with E-state index in [1.807, 2.05) is 43.0 Å². The Hall–Kier alpha value is -4.14. The molecule has 0 radical (unpaired) electrons. The predicted molar refractivity (Wildman–Crippen MR) is 144 cm³/mol. The summed E-state index contributed by atoms with van der Waals surface area (Å²) in [6.07, 6.45) is 4.22. The first-order valence-corrected chi connectivity index (χ1v) is 12.7. The summed E-state index contributed by atoms with van der Waals surface area (Å²) in [5.41, 5.74) is 10.9. The Morgan fingerprint density at radius 1 is 1.11 bits per heavy atom. The summed E-state index contributed by atoms with van der Waals surface area (Å²) in [6.45, 7) is 5.46. The standard InChI is InChI=1S/C28H33N5O4/c1-3-11-33(12-4-2)27(35)20-13-18-5-6-19(14-24(18)31-25(29)15-20)26(34)30-21-9-7-17-8-10-23(22(17)16-21)32-28(36)37/h5-7,9,13-14,16,23,32H,3-4,8,10-12,15H2,1-2H3,(H2,29,31)(H,30,34)(H,36,37). The highest BCUT2D eigenvalue weighted by Crippen LogP contribution is 2.33. The quantitative estimate of drug-likeness (QED) is 0.417. The molecule has 3 amide bonds. The van der Waals surface area contributed by atoms with E-state index in [1.54, 1.807) is 18.2 Å². The molecule has 0 fully saturated rings. The second kappa shape index (κ2) is 11.3. The Morgan fingerprint density at radius 2 is 1.86 bits per heavy atom. The number of anilines is 1. The average Bonchev–Trinajstić information content (AvgIpc) is 3.15. The summed E-state index contributed by atoms with van der Waals surface area (Å²) in [7, 11) is 0. The average molecular weight is 504 g/mol. The first kappa shape index (κ1) is 25.9. The number of carbonyl (C=O) groups excluding carboxylic acids is 2. The van der Waals surface area contributed by atoms with Gasteiger partial charge in [0.05, 0.1) is 11.7 Å². The van der Waals surface area contributed by atoms with Crippen molar-refractivity contribution in [2.45, 2.75) is 52.0 Å². The lowest BCUT2D eigenvalue weighted by Crippen LogP contribution is -2.34. The monoisotopic (exact) mass is 503 g/mol. The van der Waals surface area contributed by atoms with Crippen LogP contribution in [-0.2, 0) is 11.2 Å². The van der Waals surface area contributed by atoms with Crippen LogP contribution in [0.4, 0.5) is 16.2 Å². The maximum Gasteiger partial charge on any atom is 0.405 e. The summed E-state index contributed by atoms with van der Waals surface area (Å²) in [4.78, 5) is 43.7. The number of benzene rings is 2. The number of carboxylic acid groups (broad SMARTS) is 1. The lowest BCUT2D eigenvalue weighted by Gasteiger charge is -2.22. The molecule has 0 aromatic heterocycles. The fourth-order valence-electron chi connectivity index (χ4n) is 4.91. The minimum atomic E-state index is -1.07. The second-order valence-electron chi connectivity index (χ2n) is 9.42. The number of fused-ring (bicyclic) bond motifs is 2. The van der Waals surface area contributed by atoms with E-state index in [1.165, 1.54) is 0 Å². The fraction of sp³-hybridized carbons (Fsp3) is 0.357. The molecule has 0 spiro atoms. The molecule has 1 aliphatic heterocycles. The van der Waals surface area contributed by atoms with E-state index >= 15 is 0 Å². The maximum absolute atomic E-state index is 13.2. The van der Waals surface area contributed by atoms with Gasteiger partial charge in [-0.1, -0.05) is 26.0 Å². The number of nitrogens with one attached hydrogen (secondary N) is 2. The van der Waals surface area contributed by atoms with Crippen molar-refractivity contribution in [3.63, 3.8) is 0 Å². The number of rotatable bonds is 8. The molecule has 4 rings (SSSR count). The lowest BCUT2D eigenvalue weighted by atomic mass is 10.0. The van der Waals surface area contributed by atoms with Crippen molar-refractivity contribution in [2.24, 2.45) is 10.7 Å². The maximum atomic E-state index is 13.2. The lowest BCUT2D eigenvalue weighted by molar-refractivity contribution is -0.127. The zero-order valence-electron chi connectivity index (χ0n) is 21.2. The first-order valence-electron chi connectivity index (χ1n) is 12.7. The molecular formula is C28H33N5O4. The van der Waals surface area contributed by atoms with E-state index < -0.39 is 6.09 Å². The zero-order valence-corrected chi connectivity index (χ0v) is 21.2. The van der Waals surface area contributed by atoms with Crippen LogP contribution in [0.25, 0.3) is 6.08 Å². The van der Waals surface area contributed by atoms with E-state index in [0.29, 0.717) is 47.9 Å². The Morgan fingerprint density at radius 3 is 2.57 bits per heavy atom. The SMILES string of the molecule is CCCN(CCC)C(=O)C1=Cc2ccc(C(=O)Nc3ccc4c(c3)C(NC(=O)O)CC4)cc2N=C(N)C1. The van der Waals surface area contributed by atoms with Gasteiger partial charge in [0, 0.05) is 41.9 Å². The van der Waals surface area contributed by atoms with Crippen molar-refractivity contribution in [1.29, 1.82) is 0 Å². The van der Waals surface area contributed by atoms with Gasteiger partial charge in [-0.05, 0) is 67.2 Å². The summed E-state index contributed by atoms with van der Waals surface area (Å²) in [6, 6.07) is 10.4. The highest BCUT2D eigenvalue weighted by atomic mass is 16.4. The van der Waals surface area contributed by atoms with E-state index in [4.69, 9.17) is 10.8 Å². The number of aliphatic imine (C=N–C) groups is 1. The molecule has 1 heterocycles. The van der Waals surface area contributed by atoms with Crippen molar-refractivity contribution < 1.29 is 19.5 Å². The third kappa shape index (κ3) is 5.99. The molecule has 194 valence electrons. The summed E-state index contributed by atoms with van der Waals surface area (Å²) < 4.78 is 0. The molecule has 9 heteroatoms. The van der Waals surface area contributed by atoms with Crippen LogP contribution in [0.5, 0.6) is 0 Å². The molecule has 9 nitrogen and oxygen atoms in total. The van der Waals surface area contributed by atoms with Crippen LogP contribution < -0.4 is 16.4 Å². The topological polar surface area (TPSA) is 137 Å². The minimum Gasteiger partial charge on any atom is -0.465 e. The molecule has 2 aromatic rings. The Bertz CT molecular complexity index is 1280. The van der Waals surface area contributed by atoms with Crippen molar-refractivity contribution in [2.75, 3.05) is 18.4 Å². The molecular weight excluding hydrogens is 470 g/mol. The number of nitrogens with two attached hydrogens (primary N) is 1. The van der Waals surface area contributed by atoms with Gasteiger partial charge in [-0.25, -0.2) is 9.79 Å². The molecule has 1 atom stereocenters. The van der Waals surface area contributed by atoms with E-state index in [2.05, 4.69) is 15.6 Å². The van der Waals surface area contributed by atoms with Gasteiger partial charge in [-0.15, -0.1) is 0 Å². The summed E-state index contributed by atoms with van der Waals surface area (Å²) >= 11 is 0. The second-order valence-corrected chi connectivity index (χ2v) is 9.42. The Kier molecular flexibility index (Phi) is 7.91. The van der Waals surface area contributed by atoms with Crippen LogP contribution in [0.3, 0.4) is 0 Å². The Labute approximate surface area is 216 Å². The molecule has 5 N–H and O–H groups in total. The van der Waals surface area contributed by atoms with Gasteiger partial charge in [0.15, 0.2) is 0 Å². The zero-order chi connectivity index (χ0) is 26.5. The van der Waals surface area contributed by atoms with Crippen LogP contribution in [0.2, 0.25) is 0 Å². The van der Waals surface area contributed by atoms with Crippen molar-refractivity contribution >= 4 is 41.2 Å². The number of amidine groups is 1. The first-order chi connectivity index (χ1) is 17.8. The van der Waals surface area contributed by atoms with Gasteiger partial charge in [-0.2, -0.15) is 0 Å². The number of hydrogen-bond acceptors (Lipinski definition) is 5. The van der Waals surface area contributed by atoms with Gasteiger partial charge in [-0.3, -0.25) is 9.59 Å². The number of carbonyl (C=O) groups is 3. The highest BCUT2D eigenvalue weighted by Gasteiger charge is 2.25. The number of amides is 3. The molecule has 0 bridgehead atoms. The van der Waals surface area contributed by atoms with Gasteiger partial charge < -0.3 is 26.4 Å². The summed E-state index contributed by atoms with van der Waals surface area (Å²) in [5, 5.41) is 14.5. The Balaban J connectivity index is 1.55. The van der Waals surface area contributed by atoms with Crippen LogP contribution >= 0.6 is 0 Å². The molecule has 1 aliphatic carbocycles. The minimum absolute atomic E-state index is 0.0381. The molecule has 1 unspecified atom stereocenters. The predicted octanol–water partition coefficient (Wildman–Crippen LogP) is 4.62. The smallest absolute Gasteiger partial charge is 0.405 e. The normalized spacial score (nSPS) is 16.0. The van der Waals surface area contributed by atoms with Crippen LogP contribution in [-0.4, -0.2) is 46.8 Å². The van der Waals surface area contributed by atoms with Gasteiger partial charge in [0.1, 0.15) is 5.84 Å². The van der Waals surface area contributed by atoms with E-state index in [-0.39, 0.29) is 24.3 Å². The van der Waals surface area contributed by atoms with Crippen LogP contribution in [0, 0.1) is 0 Å². The van der Waals surface area contributed by atoms with Crippen molar-refractivity contribution in [1.82, 2.24) is 10.2 Å². The van der Waals surface area contributed by atoms with E-state index in [0.717, 1.165) is 36.0 Å².